The molecule has 0 aliphatic heterocycles. The molecule has 4 rings (SSSR count). The summed E-state index contributed by atoms with van der Waals surface area (Å²) in [7, 11) is 0. The van der Waals surface area contributed by atoms with E-state index >= 15 is 0 Å². The highest BCUT2D eigenvalue weighted by atomic mass is 35.5. The van der Waals surface area contributed by atoms with Gasteiger partial charge in [0.05, 0.1) is 11.4 Å². The average molecular weight is 376 g/mol. The number of hydrogen-bond donors (Lipinski definition) is 1. The molecular weight excluding hydrogens is 366 g/mol. The molecule has 24 heavy (non-hydrogen) atoms. The van der Waals surface area contributed by atoms with Gasteiger partial charge in [-0.3, -0.25) is 10.1 Å². The van der Waals surface area contributed by atoms with Crippen molar-refractivity contribution in [2.45, 2.75) is 6.42 Å². The maximum absolute atomic E-state index is 12.4. The first-order chi connectivity index (χ1) is 11.7. The van der Waals surface area contributed by atoms with E-state index in [2.05, 4.69) is 15.5 Å². The van der Waals surface area contributed by atoms with Gasteiger partial charge in [-0.15, -0.1) is 27.8 Å². The van der Waals surface area contributed by atoms with Gasteiger partial charge in [0.1, 0.15) is 4.88 Å². The Labute approximate surface area is 149 Å². The van der Waals surface area contributed by atoms with Crippen molar-refractivity contribution in [1.29, 1.82) is 0 Å². The second kappa shape index (κ2) is 6.35. The molecular formula is C16H10ClN3O2S2. The molecule has 0 bridgehead atoms. The number of aromatic nitrogens is 2. The molecule has 3 aromatic heterocycles. The molecule has 0 fully saturated rings. The Morgan fingerprint density at radius 2 is 2.08 bits per heavy atom. The minimum atomic E-state index is -0.354. The largest absolute Gasteiger partial charge is 0.407 e. The van der Waals surface area contributed by atoms with Crippen LogP contribution in [0.25, 0.3) is 10.1 Å². The van der Waals surface area contributed by atoms with Crippen LogP contribution >= 0.6 is 34.3 Å². The van der Waals surface area contributed by atoms with Crippen LogP contribution in [0.4, 0.5) is 6.01 Å². The number of hydrogen-bond acceptors (Lipinski definition) is 6. The molecule has 1 aromatic carbocycles. The number of thiophene rings is 2. The Morgan fingerprint density at radius 1 is 1.21 bits per heavy atom. The summed E-state index contributed by atoms with van der Waals surface area (Å²) in [6.07, 6.45) is 0.546. The molecule has 8 heteroatoms. The Balaban J connectivity index is 1.53. The molecule has 0 aliphatic rings. The van der Waals surface area contributed by atoms with Gasteiger partial charge < -0.3 is 4.42 Å². The van der Waals surface area contributed by atoms with E-state index in [0.29, 0.717) is 22.2 Å². The number of nitrogens with zero attached hydrogens (tertiary/aromatic N) is 2. The summed E-state index contributed by atoms with van der Waals surface area (Å²) in [4.78, 5) is 14.0. The molecule has 0 spiro atoms. The van der Waals surface area contributed by atoms with Crippen LogP contribution in [0.2, 0.25) is 5.02 Å². The molecule has 0 aliphatic carbocycles. The highest BCUT2D eigenvalue weighted by Crippen LogP contribution is 2.35. The minimum absolute atomic E-state index is 0.0695. The third kappa shape index (κ3) is 2.93. The van der Waals surface area contributed by atoms with Crippen molar-refractivity contribution in [3.8, 4) is 0 Å². The van der Waals surface area contributed by atoms with Crippen LogP contribution in [0, 0.1) is 0 Å². The molecule has 0 radical (unpaired) electrons. The first kappa shape index (κ1) is 15.3. The summed E-state index contributed by atoms with van der Waals surface area (Å²) in [5.41, 5.74) is 0. The SMILES string of the molecule is O=C(Nc1nnc(Cc2cccs2)o1)c1sc2ccccc2c1Cl. The lowest BCUT2D eigenvalue weighted by molar-refractivity contribution is 0.102. The summed E-state index contributed by atoms with van der Waals surface area (Å²) < 4.78 is 6.43. The van der Waals surface area contributed by atoms with Crippen LogP contribution < -0.4 is 5.32 Å². The fourth-order valence-corrected chi connectivity index (χ4v) is 4.36. The zero-order valence-corrected chi connectivity index (χ0v) is 14.5. The minimum Gasteiger partial charge on any atom is -0.407 e. The molecule has 3 heterocycles. The van der Waals surface area contributed by atoms with E-state index in [9.17, 15) is 4.79 Å². The average Bonchev–Trinajstić information content (AvgIpc) is 3.30. The summed E-state index contributed by atoms with van der Waals surface area (Å²) in [5.74, 6) is 0.0997. The van der Waals surface area contributed by atoms with Gasteiger partial charge in [-0.2, -0.15) is 0 Å². The van der Waals surface area contributed by atoms with E-state index in [1.807, 2.05) is 41.8 Å². The number of carbonyl (C=O) groups excluding carboxylic acids is 1. The van der Waals surface area contributed by atoms with E-state index in [-0.39, 0.29) is 11.9 Å². The molecule has 1 N–H and O–H groups in total. The van der Waals surface area contributed by atoms with Gasteiger partial charge in [-0.25, -0.2) is 0 Å². The Kier molecular flexibility index (Phi) is 4.05. The van der Waals surface area contributed by atoms with Crippen LogP contribution in [0.5, 0.6) is 0 Å². The van der Waals surface area contributed by atoms with Gasteiger partial charge in [0.15, 0.2) is 0 Å². The van der Waals surface area contributed by atoms with Crippen LogP contribution in [0.1, 0.15) is 20.4 Å². The van der Waals surface area contributed by atoms with Crippen LogP contribution in [-0.4, -0.2) is 16.1 Å². The van der Waals surface area contributed by atoms with Crippen LogP contribution in [0.15, 0.2) is 46.2 Å². The lowest BCUT2D eigenvalue weighted by Crippen LogP contribution is -2.10. The van der Waals surface area contributed by atoms with E-state index in [0.717, 1.165) is 15.0 Å². The lowest BCUT2D eigenvalue weighted by atomic mass is 10.2. The first-order valence-electron chi connectivity index (χ1n) is 7.04. The van der Waals surface area contributed by atoms with Crippen molar-refractivity contribution in [2.75, 3.05) is 5.32 Å². The zero-order chi connectivity index (χ0) is 16.5. The second-order valence-electron chi connectivity index (χ2n) is 4.95. The Hall–Kier alpha value is -2.22. The zero-order valence-electron chi connectivity index (χ0n) is 12.2. The van der Waals surface area contributed by atoms with E-state index in [1.54, 1.807) is 11.3 Å². The number of benzene rings is 1. The molecule has 120 valence electrons. The number of rotatable bonds is 4. The van der Waals surface area contributed by atoms with Crippen LogP contribution in [0.3, 0.4) is 0 Å². The standard InChI is InChI=1S/C16H10ClN3O2S2/c17-13-10-5-1-2-6-11(10)24-14(13)15(21)18-16-20-19-12(22-16)8-9-4-3-7-23-9/h1-7H,8H2,(H,18,20,21). The van der Waals surface area contributed by atoms with Gasteiger partial charge in [0.2, 0.25) is 5.89 Å². The molecule has 0 unspecified atom stereocenters. The third-order valence-electron chi connectivity index (χ3n) is 3.33. The second-order valence-corrected chi connectivity index (χ2v) is 7.41. The number of fused-ring (bicyclic) bond motifs is 1. The van der Waals surface area contributed by atoms with Crippen molar-refractivity contribution >= 4 is 56.3 Å². The van der Waals surface area contributed by atoms with Crippen molar-refractivity contribution < 1.29 is 9.21 Å². The number of halogens is 1. The predicted molar refractivity (Wildman–Crippen MR) is 96.2 cm³/mol. The summed E-state index contributed by atoms with van der Waals surface area (Å²) in [6.45, 7) is 0. The van der Waals surface area contributed by atoms with Gasteiger partial charge >= 0.3 is 6.01 Å². The summed E-state index contributed by atoms with van der Waals surface area (Å²) >= 11 is 9.24. The number of carbonyl (C=O) groups is 1. The van der Waals surface area contributed by atoms with Gasteiger partial charge in [-0.05, 0) is 17.5 Å². The highest BCUT2D eigenvalue weighted by molar-refractivity contribution is 7.21. The molecule has 0 saturated carbocycles. The van der Waals surface area contributed by atoms with Gasteiger partial charge in [0, 0.05) is 15.0 Å². The fraction of sp³-hybridized carbons (Fsp3) is 0.0625. The van der Waals surface area contributed by atoms with E-state index in [1.165, 1.54) is 11.3 Å². The van der Waals surface area contributed by atoms with E-state index in [4.69, 9.17) is 16.0 Å². The monoisotopic (exact) mass is 375 g/mol. The highest BCUT2D eigenvalue weighted by Gasteiger charge is 2.19. The molecule has 0 saturated heterocycles. The third-order valence-corrected chi connectivity index (χ3v) is 5.88. The number of amides is 1. The maximum atomic E-state index is 12.4. The van der Waals surface area contributed by atoms with Gasteiger partial charge in [0.25, 0.3) is 5.91 Å². The quantitative estimate of drug-likeness (QED) is 0.554. The van der Waals surface area contributed by atoms with Crippen molar-refractivity contribution in [2.24, 2.45) is 0 Å². The molecule has 5 nitrogen and oxygen atoms in total. The molecule has 1 amide bonds. The fourth-order valence-electron chi connectivity index (χ4n) is 2.25. The van der Waals surface area contributed by atoms with Crippen LogP contribution in [-0.2, 0) is 6.42 Å². The van der Waals surface area contributed by atoms with Gasteiger partial charge in [-0.1, -0.05) is 41.0 Å². The number of anilines is 1. The lowest BCUT2D eigenvalue weighted by Gasteiger charge is -1.97. The summed E-state index contributed by atoms with van der Waals surface area (Å²) in [5, 5.41) is 13.7. The normalized spacial score (nSPS) is 11.0. The van der Waals surface area contributed by atoms with E-state index < -0.39 is 0 Å². The van der Waals surface area contributed by atoms with Crippen molar-refractivity contribution in [1.82, 2.24) is 10.2 Å². The maximum Gasteiger partial charge on any atom is 0.322 e. The predicted octanol–water partition coefficient (Wildman–Crippen LogP) is 4.84. The first-order valence-corrected chi connectivity index (χ1v) is 9.11. The van der Waals surface area contributed by atoms with Crippen molar-refractivity contribution in [3.05, 3.63) is 62.4 Å². The smallest absolute Gasteiger partial charge is 0.322 e. The topological polar surface area (TPSA) is 68.0 Å². The number of nitrogens with one attached hydrogen (secondary N) is 1. The van der Waals surface area contributed by atoms with Crippen molar-refractivity contribution in [3.63, 3.8) is 0 Å². The summed E-state index contributed by atoms with van der Waals surface area (Å²) in [6, 6.07) is 11.6. The Bertz CT molecular complexity index is 1010. The molecule has 4 aromatic rings. The molecule has 0 atom stereocenters. The Morgan fingerprint density at radius 3 is 2.88 bits per heavy atom.